The van der Waals surface area contributed by atoms with Crippen LogP contribution < -0.4 is 9.64 Å². The van der Waals surface area contributed by atoms with Crippen LogP contribution in [0.3, 0.4) is 0 Å². The Hall–Kier alpha value is -3.66. The molecule has 0 atom stereocenters. The first-order chi connectivity index (χ1) is 14.7. The van der Waals surface area contributed by atoms with E-state index in [9.17, 15) is 4.79 Å². The average Bonchev–Trinajstić information content (AvgIpc) is 3.22. The molecule has 0 fully saturated rings. The van der Waals surface area contributed by atoms with E-state index in [2.05, 4.69) is 6.07 Å². The van der Waals surface area contributed by atoms with E-state index >= 15 is 0 Å². The van der Waals surface area contributed by atoms with Gasteiger partial charge in [-0.2, -0.15) is 0 Å². The first-order valence-electron chi connectivity index (χ1n) is 10.3. The minimum atomic E-state index is 0.0146. The molecular formula is C26H22N2O2. The van der Waals surface area contributed by atoms with Gasteiger partial charge in [-0.15, -0.1) is 0 Å². The van der Waals surface area contributed by atoms with Gasteiger partial charge in [0, 0.05) is 23.2 Å². The van der Waals surface area contributed by atoms with E-state index in [1.807, 2.05) is 84.6 Å². The average molecular weight is 394 g/mol. The Balaban J connectivity index is 1.63. The summed E-state index contributed by atoms with van der Waals surface area (Å²) in [5.74, 6) is 0.812. The lowest BCUT2D eigenvalue weighted by Crippen LogP contribution is -2.29. The molecule has 0 saturated heterocycles. The Bertz CT molecular complexity index is 1250. The predicted octanol–water partition coefficient (Wildman–Crippen LogP) is 5.50. The van der Waals surface area contributed by atoms with Crippen LogP contribution in [0.2, 0.25) is 0 Å². The molecule has 2 heterocycles. The standard InChI is InChI=1S/C26H22N2O2/c1-2-30-20-10-7-9-19(16-20)24-17-22(21-11-4-5-12-23(21)27-24)26(29)28-15-14-18-8-3-6-13-25(18)28/h3-13,16-17H,2,14-15H2,1H3. The molecule has 0 unspecified atom stereocenters. The highest BCUT2D eigenvalue weighted by molar-refractivity contribution is 6.15. The fraction of sp³-hybridized carbons (Fsp3) is 0.154. The molecule has 0 N–H and O–H groups in total. The molecule has 4 heteroatoms. The largest absolute Gasteiger partial charge is 0.494 e. The number of nitrogens with zero attached hydrogens (tertiary/aromatic N) is 2. The molecule has 1 aromatic heterocycles. The molecule has 4 aromatic rings. The van der Waals surface area contributed by atoms with Crippen molar-refractivity contribution in [2.75, 3.05) is 18.1 Å². The van der Waals surface area contributed by atoms with Gasteiger partial charge in [0.2, 0.25) is 0 Å². The molecule has 1 amide bonds. The molecule has 0 aliphatic carbocycles. The number of pyridine rings is 1. The number of aromatic nitrogens is 1. The molecule has 1 aliphatic heterocycles. The maximum Gasteiger partial charge on any atom is 0.259 e. The number of carbonyl (C=O) groups is 1. The normalized spacial score (nSPS) is 12.8. The quantitative estimate of drug-likeness (QED) is 0.459. The summed E-state index contributed by atoms with van der Waals surface area (Å²) in [6.07, 6.45) is 0.883. The number of benzene rings is 3. The number of para-hydroxylation sites is 2. The molecule has 0 bridgehead atoms. The molecule has 0 radical (unpaired) electrons. The third-order valence-electron chi connectivity index (χ3n) is 5.52. The van der Waals surface area contributed by atoms with Crippen LogP contribution in [0.15, 0.2) is 78.9 Å². The summed E-state index contributed by atoms with van der Waals surface area (Å²) in [4.78, 5) is 20.4. The maximum absolute atomic E-state index is 13.7. The van der Waals surface area contributed by atoms with Crippen LogP contribution in [0.25, 0.3) is 22.2 Å². The van der Waals surface area contributed by atoms with Gasteiger partial charge in [-0.05, 0) is 49.2 Å². The lowest BCUT2D eigenvalue weighted by Gasteiger charge is -2.19. The highest BCUT2D eigenvalue weighted by atomic mass is 16.5. The third-order valence-corrected chi connectivity index (χ3v) is 5.52. The van der Waals surface area contributed by atoms with Gasteiger partial charge in [-0.25, -0.2) is 4.98 Å². The van der Waals surface area contributed by atoms with E-state index in [0.29, 0.717) is 18.7 Å². The fourth-order valence-corrected chi connectivity index (χ4v) is 4.11. The Kier molecular flexibility index (Phi) is 4.68. The number of amides is 1. The molecule has 30 heavy (non-hydrogen) atoms. The molecule has 3 aromatic carbocycles. The number of fused-ring (bicyclic) bond motifs is 2. The first-order valence-corrected chi connectivity index (χ1v) is 10.3. The number of rotatable bonds is 4. The van der Waals surface area contributed by atoms with Gasteiger partial charge in [-0.3, -0.25) is 4.79 Å². The Morgan fingerprint density at radius 1 is 1.00 bits per heavy atom. The second kappa shape index (κ2) is 7.64. The van der Waals surface area contributed by atoms with Crippen molar-refractivity contribution < 1.29 is 9.53 Å². The maximum atomic E-state index is 13.7. The summed E-state index contributed by atoms with van der Waals surface area (Å²) in [7, 11) is 0. The van der Waals surface area contributed by atoms with Gasteiger partial charge in [0.05, 0.1) is 23.4 Å². The lowest BCUT2D eigenvalue weighted by atomic mass is 10.0. The Morgan fingerprint density at radius 2 is 1.83 bits per heavy atom. The van der Waals surface area contributed by atoms with Gasteiger partial charge in [0.25, 0.3) is 5.91 Å². The van der Waals surface area contributed by atoms with Crippen molar-refractivity contribution in [3.8, 4) is 17.0 Å². The molecule has 5 rings (SSSR count). The van der Waals surface area contributed by atoms with Crippen molar-refractivity contribution in [2.45, 2.75) is 13.3 Å². The Morgan fingerprint density at radius 3 is 2.73 bits per heavy atom. The van der Waals surface area contributed by atoms with E-state index in [1.165, 1.54) is 5.56 Å². The highest BCUT2D eigenvalue weighted by Gasteiger charge is 2.27. The number of ether oxygens (including phenoxy) is 1. The van der Waals surface area contributed by atoms with Crippen LogP contribution in [-0.4, -0.2) is 24.0 Å². The third kappa shape index (κ3) is 3.20. The van der Waals surface area contributed by atoms with Crippen LogP contribution in [0.4, 0.5) is 5.69 Å². The molecule has 0 saturated carbocycles. The minimum absolute atomic E-state index is 0.0146. The number of anilines is 1. The molecule has 1 aliphatic rings. The van der Waals surface area contributed by atoms with Gasteiger partial charge in [0.1, 0.15) is 5.75 Å². The van der Waals surface area contributed by atoms with Gasteiger partial charge < -0.3 is 9.64 Å². The van der Waals surface area contributed by atoms with E-state index in [4.69, 9.17) is 9.72 Å². The van der Waals surface area contributed by atoms with E-state index in [-0.39, 0.29) is 5.91 Å². The van der Waals surface area contributed by atoms with Crippen molar-refractivity contribution in [1.29, 1.82) is 0 Å². The predicted molar refractivity (Wildman–Crippen MR) is 120 cm³/mol. The number of hydrogen-bond acceptors (Lipinski definition) is 3. The summed E-state index contributed by atoms with van der Waals surface area (Å²) in [6.45, 7) is 3.27. The van der Waals surface area contributed by atoms with Gasteiger partial charge >= 0.3 is 0 Å². The highest BCUT2D eigenvalue weighted by Crippen LogP contribution is 2.32. The second-order valence-electron chi connectivity index (χ2n) is 7.37. The second-order valence-corrected chi connectivity index (χ2v) is 7.37. The summed E-state index contributed by atoms with van der Waals surface area (Å²) in [5, 5.41) is 0.872. The zero-order chi connectivity index (χ0) is 20.5. The lowest BCUT2D eigenvalue weighted by molar-refractivity contribution is 0.0991. The minimum Gasteiger partial charge on any atom is -0.494 e. The zero-order valence-corrected chi connectivity index (χ0v) is 16.8. The smallest absolute Gasteiger partial charge is 0.259 e. The van der Waals surface area contributed by atoms with Crippen molar-refractivity contribution in [1.82, 2.24) is 4.98 Å². The topological polar surface area (TPSA) is 42.4 Å². The number of carbonyl (C=O) groups excluding carboxylic acids is 1. The van der Waals surface area contributed by atoms with E-state index in [0.717, 1.165) is 40.0 Å². The van der Waals surface area contributed by atoms with Crippen LogP contribution in [0.1, 0.15) is 22.8 Å². The van der Waals surface area contributed by atoms with Crippen molar-refractivity contribution >= 4 is 22.5 Å². The zero-order valence-electron chi connectivity index (χ0n) is 16.8. The van der Waals surface area contributed by atoms with Crippen LogP contribution in [0.5, 0.6) is 5.75 Å². The molecular weight excluding hydrogens is 372 g/mol. The van der Waals surface area contributed by atoms with E-state index in [1.54, 1.807) is 0 Å². The van der Waals surface area contributed by atoms with Crippen LogP contribution in [0, 0.1) is 0 Å². The molecule has 0 spiro atoms. The van der Waals surface area contributed by atoms with Crippen molar-refractivity contribution in [3.05, 3.63) is 90.0 Å². The first kappa shape index (κ1) is 18.4. The van der Waals surface area contributed by atoms with Crippen LogP contribution >= 0.6 is 0 Å². The monoisotopic (exact) mass is 394 g/mol. The molecule has 4 nitrogen and oxygen atoms in total. The van der Waals surface area contributed by atoms with Gasteiger partial charge in [0.15, 0.2) is 0 Å². The van der Waals surface area contributed by atoms with Crippen molar-refractivity contribution in [2.24, 2.45) is 0 Å². The summed E-state index contributed by atoms with van der Waals surface area (Å²) >= 11 is 0. The van der Waals surface area contributed by atoms with Crippen LogP contribution in [-0.2, 0) is 6.42 Å². The van der Waals surface area contributed by atoms with Gasteiger partial charge in [-0.1, -0.05) is 48.5 Å². The summed E-state index contributed by atoms with van der Waals surface area (Å²) in [5.41, 5.74) is 5.41. The van der Waals surface area contributed by atoms with E-state index < -0.39 is 0 Å². The number of hydrogen-bond donors (Lipinski definition) is 0. The molecule has 148 valence electrons. The summed E-state index contributed by atoms with van der Waals surface area (Å²) in [6, 6.07) is 25.7. The SMILES string of the molecule is CCOc1cccc(-c2cc(C(=O)N3CCc4ccccc43)c3ccccc3n2)c1. The summed E-state index contributed by atoms with van der Waals surface area (Å²) < 4.78 is 5.65. The fourth-order valence-electron chi connectivity index (χ4n) is 4.11. The van der Waals surface area contributed by atoms with Crippen molar-refractivity contribution in [3.63, 3.8) is 0 Å². The Labute approximate surface area is 175 Å².